The van der Waals surface area contributed by atoms with Crippen molar-refractivity contribution in [3.8, 4) is 0 Å². The van der Waals surface area contributed by atoms with Crippen LogP contribution in [0.5, 0.6) is 0 Å². The van der Waals surface area contributed by atoms with E-state index in [0.29, 0.717) is 5.02 Å². The molecular weight excluding hydrogens is 306 g/mol. The fourth-order valence-electron chi connectivity index (χ4n) is 2.49. The summed E-state index contributed by atoms with van der Waals surface area (Å²) in [5.74, 6) is 1.08. The Bertz CT molecular complexity index is 642. The minimum Gasteiger partial charge on any atom is -0.389 e. The molecule has 0 saturated carbocycles. The van der Waals surface area contributed by atoms with Crippen LogP contribution in [0, 0.1) is 0 Å². The quantitative estimate of drug-likeness (QED) is 0.931. The summed E-state index contributed by atoms with van der Waals surface area (Å²) in [5.41, 5.74) is 0.824. The van der Waals surface area contributed by atoms with Crippen molar-refractivity contribution in [3.63, 3.8) is 0 Å². The van der Waals surface area contributed by atoms with Crippen molar-refractivity contribution >= 4 is 23.4 Å². The first kappa shape index (κ1) is 14.9. The van der Waals surface area contributed by atoms with Crippen LogP contribution in [0.1, 0.15) is 43.7 Å². The number of nitrogens with zero attached hydrogens (tertiary/aromatic N) is 3. The van der Waals surface area contributed by atoms with Gasteiger partial charge in [-0.05, 0) is 49.2 Å². The SMILES string of the molecule is CC(O)c1ccc(Sc2nnc3n2CCCCC3)c(Cl)c1. The van der Waals surface area contributed by atoms with E-state index in [0.717, 1.165) is 34.4 Å². The third-order valence-electron chi connectivity index (χ3n) is 3.72. The Balaban J connectivity index is 1.85. The average Bonchev–Trinajstić information content (AvgIpc) is 2.69. The van der Waals surface area contributed by atoms with Gasteiger partial charge in [0, 0.05) is 17.9 Å². The number of fused-ring (bicyclic) bond motifs is 1. The second kappa shape index (κ2) is 6.38. The summed E-state index contributed by atoms with van der Waals surface area (Å²) < 4.78 is 2.20. The first-order valence-electron chi connectivity index (χ1n) is 7.22. The van der Waals surface area contributed by atoms with Crippen LogP contribution in [0.3, 0.4) is 0 Å². The van der Waals surface area contributed by atoms with Crippen LogP contribution in [-0.2, 0) is 13.0 Å². The van der Waals surface area contributed by atoms with Gasteiger partial charge < -0.3 is 9.67 Å². The molecule has 1 N–H and O–H groups in total. The zero-order chi connectivity index (χ0) is 14.8. The fourth-order valence-corrected chi connectivity index (χ4v) is 3.67. The molecule has 2 aromatic rings. The standard InChI is InChI=1S/C15H18ClN3OS/c1-10(20)11-6-7-13(12(16)9-11)21-15-18-17-14-5-3-2-4-8-19(14)15/h6-7,9-10,20H,2-5,8H2,1H3. The molecule has 1 atom stereocenters. The third kappa shape index (κ3) is 3.25. The molecule has 3 rings (SSSR count). The summed E-state index contributed by atoms with van der Waals surface area (Å²) in [6.07, 6.45) is 4.10. The maximum absolute atomic E-state index is 9.59. The number of rotatable bonds is 3. The molecule has 0 saturated heterocycles. The third-order valence-corrected chi connectivity index (χ3v) is 5.20. The maximum Gasteiger partial charge on any atom is 0.196 e. The van der Waals surface area contributed by atoms with Gasteiger partial charge in [-0.25, -0.2) is 0 Å². The number of hydrogen-bond donors (Lipinski definition) is 1. The van der Waals surface area contributed by atoms with Crippen LogP contribution in [0.2, 0.25) is 5.02 Å². The van der Waals surface area contributed by atoms with Crippen LogP contribution in [-0.4, -0.2) is 19.9 Å². The molecule has 0 spiro atoms. The monoisotopic (exact) mass is 323 g/mol. The normalized spacial score (nSPS) is 16.3. The van der Waals surface area contributed by atoms with Gasteiger partial charge in [-0.2, -0.15) is 0 Å². The van der Waals surface area contributed by atoms with Gasteiger partial charge in [0.05, 0.1) is 11.1 Å². The van der Waals surface area contributed by atoms with Gasteiger partial charge >= 0.3 is 0 Å². The van der Waals surface area contributed by atoms with Gasteiger partial charge in [-0.1, -0.05) is 24.1 Å². The highest BCUT2D eigenvalue weighted by Gasteiger charge is 2.17. The molecular formula is C15H18ClN3OS. The molecule has 1 aliphatic rings. The zero-order valence-electron chi connectivity index (χ0n) is 11.9. The lowest BCUT2D eigenvalue weighted by atomic mass is 10.1. The second-order valence-corrected chi connectivity index (χ2v) is 6.75. The number of aliphatic hydroxyl groups excluding tert-OH is 1. The predicted molar refractivity (Wildman–Crippen MR) is 83.8 cm³/mol. The highest BCUT2D eigenvalue weighted by Crippen LogP contribution is 2.34. The van der Waals surface area contributed by atoms with Gasteiger partial charge in [0.15, 0.2) is 5.16 Å². The molecule has 112 valence electrons. The molecule has 6 heteroatoms. The average molecular weight is 324 g/mol. The summed E-state index contributed by atoms with van der Waals surface area (Å²) in [5, 5.41) is 19.7. The Morgan fingerprint density at radius 2 is 2.14 bits per heavy atom. The predicted octanol–water partition coefficient (Wildman–Crippen LogP) is 3.86. The van der Waals surface area contributed by atoms with Crippen molar-refractivity contribution in [1.82, 2.24) is 14.8 Å². The number of aryl methyl sites for hydroxylation is 1. The molecule has 1 aromatic carbocycles. The maximum atomic E-state index is 9.59. The van der Waals surface area contributed by atoms with E-state index in [1.807, 2.05) is 18.2 Å². The van der Waals surface area contributed by atoms with Crippen LogP contribution in [0.25, 0.3) is 0 Å². The minimum absolute atomic E-state index is 0.508. The fraction of sp³-hybridized carbons (Fsp3) is 0.467. The number of benzene rings is 1. The summed E-state index contributed by atoms with van der Waals surface area (Å²) >= 11 is 7.86. The van der Waals surface area contributed by atoms with Gasteiger partial charge in [0.1, 0.15) is 5.82 Å². The number of aliphatic hydroxyl groups is 1. The number of hydrogen-bond acceptors (Lipinski definition) is 4. The van der Waals surface area contributed by atoms with E-state index >= 15 is 0 Å². The van der Waals surface area contributed by atoms with Crippen LogP contribution < -0.4 is 0 Å². The van der Waals surface area contributed by atoms with E-state index in [4.69, 9.17) is 11.6 Å². The smallest absolute Gasteiger partial charge is 0.196 e. The zero-order valence-corrected chi connectivity index (χ0v) is 13.5. The Kier molecular flexibility index (Phi) is 4.52. The van der Waals surface area contributed by atoms with Crippen molar-refractivity contribution < 1.29 is 5.11 Å². The van der Waals surface area contributed by atoms with Crippen molar-refractivity contribution in [3.05, 3.63) is 34.6 Å². The highest BCUT2D eigenvalue weighted by molar-refractivity contribution is 7.99. The molecule has 4 nitrogen and oxygen atoms in total. The first-order valence-corrected chi connectivity index (χ1v) is 8.42. The summed E-state index contributed by atoms with van der Waals surface area (Å²) in [7, 11) is 0. The second-order valence-electron chi connectivity index (χ2n) is 5.33. The Labute approximate surface area is 133 Å². The van der Waals surface area contributed by atoms with Crippen molar-refractivity contribution in [1.29, 1.82) is 0 Å². The molecule has 21 heavy (non-hydrogen) atoms. The van der Waals surface area contributed by atoms with Gasteiger partial charge in [0.25, 0.3) is 0 Å². The van der Waals surface area contributed by atoms with Gasteiger partial charge in [0.2, 0.25) is 0 Å². The molecule has 1 aliphatic heterocycles. The molecule has 0 radical (unpaired) electrons. The van der Waals surface area contributed by atoms with E-state index in [-0.39, 0.29) is 0 Å². The lowest BCUT2D eigenvalue weighted by Gasteiger charge is -2.10. The molecule has 1 aromatic heterocycles. The molecule has 1 unspecified atom stereocenters. The lowest BCUT2D eigenvalue weighted by Crippen LogP contribution is -2.02. The van der Waals surface area contributed by atoms with Gasteiger partial charge in [-0.3, -0.25) is 0 Å². The largest absolute Gasteiger partial charge is 0.389 e. The summed E-state index contributed by atoms with van der Waals surface area (Å²) in [4.78, 5) is 0.945. The molecule has 0 fully saturated rings. The first-order chi connectivity index (χ1) is 10.1. The van der Waals surface area contributed by atoms with Crippen molar-refractivity contribution in [2.24, 2.45) is 0 Å². The van der Waals surface area contributed by atoms with E-state index in [9.17, 15) is 5.11 Å². The van der Waals surface area contributed by atoms with E-state index in [1.165, 1.54) is 19.3 Å². The lowest BCUT2D eigenvalue weighted by molar-refractivity contribution is 0.199. The molecule has 0 aliphatic carbocycles. The van der Waals surface area contributed by atoms with E-state index in [1.54, 1.807) is 18.7 Å². The van der Waals surface area contributed by atoms with Crippen LogP contribution in [0.15, 0.2) is 28.3 Å². The molecule has 0 amide bonds. The number of halogens is 1. The topological polar surface area (TPSA) is 50.9 Å². The van der Waals surface area contributed by atoms with Crippen LogP contribution >= 0.6 is 23.4 Å². The Morgan fingerprint density at radius 1 is 1.29 bits per heavy atom. The minimum atomic E-state index is -0.508. The van der Waals surface area contributed by atoms with Crippen LogP contribution in [0.4, 0.5) is 0 Å². The van der Waals surface area contributed by atoms with E-state index < -0.39 is 6.10 Å². The molecule has 0 bridgehead atoms. The Hall–Kier alpha value is -1.04. The van der Waals surface area contributed by atoms with Gasteiger partial charge in [-0.15, -0.1) is 10.2 Å². The molecule has 2 heterocycles. The van der Waals surface area contributed by atoms with E-state index in [2.05, 4.69) is 14.8 Å². The van der Waals surface area contributed by atoms with Crippen molar-refractivity contribution in [2.75, 3.05) is 0 Å². The summed E-state index contributed by atoms with van der Waals surface area (Å²) in [6, 6.07) is 5.65. The number of aromatic nitrogens is 3. The summed E-state index contributed by atoms with van der Waals surface area (Å²) in [6.45, 7) is 2.71. The Morgan fingerprint density at radius 3 is 2.90 bits per heavy atom. The van der Waals surface area contributed by atoms with Crippen molar-refractivity contribution in [2.45, 2.75) is 55.3 Å². The highest BCUT2D eigenvalue weighted by atomic mass is 35.5.